The van der Waals surface area contributed by atoms with Gasteiger partial charge in [-0.05, 0) is 19.1 Å². The molecule has 5 rings (SSSR count). The van der Waals surface area contributed by atoms with Gasteiger partial charge in [0.15, 0.2) is 5.82 Å². The van der Waals surface area contributed by atoms with Crippen molar-refractivity contribution in [3.8, 4) is 11.4 Å². The Kier molecular flexibility index (Phi) is 4.92. The standard InChI is InChI=1S/C13H14N4.C9H7N/c1-11-9-17(16-8-7-14-10-16)13(15-11)12-5-3-2-4-6-12;1-2-6-9-8(4-1)5-3-7-10-9/h2-6,9-10H,7-8H2,1H3;1-7H. The molecule has 2 aromatic carbocycles. The Balaban J connectivity index is 0.000000153. The molecule has 0 fully saturated rings. The first-order valence-corrected chi connectivity index (χ1v) is 8.99. The lowest BCUT2D eigenvalue weighted by Crippen LogP contribution is -2.31. The predicted molar refractivity (Wildman–Crippen MR) is 111 cm³/mol. The van der Waals surface area contributed by atoms with Crippen LogP contribution in [0, 0.1) is 6.92 Å². The van der Waals surface area contributed by atoms with Gasteiger partial charge in [-0.1, -0.05) is 54.6 Å². The fraction of sp³-hybridized carbons (Fsp3) is 0.136. The summed E-state index contributed by atoms with van der Waals surface area (Å²) in [5, 5.41) is 3.28. The molecule has 0 radical (unpaired) electrons. The highest BCUT2D eigenvalue weighted by Gasteiger charge is 2.14. The number of hydrogen-bond acceptors (Lipinski definition) is 4. The minimum Gasteiger partial charge on any atom is -0.272 e. The van der Waals surface area contributed by atoms with E-state index in [0.29, 0.717) is 0 Å². The second-order valence-corrected chi connectivity index (χ2v) is 6.30. The predicted octanol–water partition coefficient (Wildman–Crippen LogP) is 4.07. The highest BCUT2D eigenvalue weighted by molar-refractivity contribution is 5.77. The van der Waals surface area contributed by atoms with Gasteiger partial charge >= 0.3 is 0 Å². The van der Waals surface area contributed by atoms with Crippen LogP contribution in [0.25, 0.3) is 22.3 Å². The molecule has 0 spiro atoms. The Bertz CT molecular complexity index is 987. The molecule has 0 bridgehead atoms. The molecule has 134 valence electrons. The van der Waals surface area contributed by atoms with Crippen LogP contribution in [0.15, 0.2) is 84.1 Å². The monoisotopic (exact) mass is 355 g/mol. The van der Waals surface area contributed by atoms with Crippen molar-refractivity contribution in [2.75, 3.05) is 18.1 Å². The number of imidazole rings is 1. The van der Waals surface area contributed by atoms with E-state index in [9.17, 15) is 0 Å². The molecule has 0 N–H and O–H groups in total. The number of para-hydroxylation sites is 1. The van der Waals surface area contributed by atoms with Crippen molar-refractivity contribution in [2.45, 2.75) is 6.92 Å². The number of aromatic nitrogens is 3. The lowest BCUT2D eigenvalue weighted by molar-refractivity contribution is 0.759. The summed E-state index contributed by atoms with van der Waals surface area (Å²) >= 11 is 0. The Hall–Kier alpha value is -3.47. The van der Waals surface area contributed by atoms with E-state index in [1.807, 2.05) is 68.1 Å². The van der Waals surface area contributed by atoms with Crippen LogP contribution in [0.1, 0.15) is 5.69 Å². The molecule has 1 aliphatic rings. The molecule has 2 aromatic heterocycles. The molecular formula is C22H21N5. The van der Waals surface area contributed by atoms with E-state index in [4.69, 9.17) is 0 Å². The van der Waals surface area contributed by atoms with Crippen molar-refractivity contribution in [1.82, 2.24) is 14.6 Å². The highest BCUT2D eigenvalue weighted by atomic mass is 15.6. The van der Waals surface area contributed by atoms with Gasteiger partial charge in [-0.25, -0.2) is 9.66 Å². The lowest BCUT2D eigenvalue weighted by Gasteiger charge is -2.17. The zero-order chi connectivity index (χ0) is 18.5. The lowest BCUT2D eigenvalue weighted by atomic mass is 10.2. The highest BCUT2D eigenvalue weighted by Crippen LogP contribution is 2.19. The molecule has 0 amide bonds. The molecule has 0 unspecified atom stereocenters. The van der Waals surface area contributed by atoms with E-state index in [1.165, 1.54) is 5.39 Å². The van der Waals surface area contributed by atoms with E-state index in [2.05, 4.69) is 48.9 Å². The minimum absolute atomic E-state index is 0.853. The van der Waals surface area contributed by atoms with Crippen LogP contribution >= 0.6 is 0 Å². The average Bonchev–Trinajstić information content (AvgIpc) is 3.39. The van der Waals surface area contributed by atoms with Crippen molar-refractivity contribution in [3.05, 3.63) is 84.8 Å². The van der Waals surface area contributed by atoms with Crippen LogP contribution in [-0.2, 0) is 0 Å². The van der Waals surface area contributed by atoms with E-state index in [-0.39, 0.29) is 0 Å². The van der Waals surface area contributed by atoms with Crippen molar-refractivity contribution in [1.29, 1.82) is 0 Å². The first-order chi connectivity index (χ1) is 13.3. The number of aryl methyl sites for hydroxylation is 1. The second-order valence-electron chi connectivity index (χ2n) is 6.30. The number of aliphatic imine (C=N–C) groups is 1. The smallest absolute Gasteiger partial charge is 0.159 e. The third-order valence-electron chi connectivity index (χ3n) is 4.30. The summed E-state index contributed by atoms with van der Waals surface area (Å²) in [5.41, 5.74) is 3.20. The molecular weight excluding hydrogens is 334 g/mol. The van der Waals surface area contributed by atoms with Crippen LogP contribution in [-0.4, -0.2) is 34.1 Å². The number of hydrogen-bond donors (Lipinski definition) is 0. The molecule has 27 heavy (non-hydrogen) atoms. The topological polar surface area (TPSA) is 46.3 Å². The van der Waals surface area contributed by atoms with Gasteiger partial charge in [-0.15, -0.1) is 0 Å². The Morgan fingerprint density at radius 2 is 1.67 bits per heavy atom. The number of pyridine rings is 1. The zero-order valence-electron chi connectivity index (χ0n) is 15.2. The van der Waals surface area contributed by atoms with Gasteiger partial charge in [0.25, 0.3) is 0 Å². The number of nitrogens with zero attached hydrogens (tertiary/aromatic N) is 5. The van der Waals surface area contributed by atoms with Crippen molar-refractivity contribution in [2.24, 2.45) is 4.99 Å². The summed E-state index contributed by atoms with van der Waals surface area (Å²) < 4.78 is 2.07. The molecule has 1 aliphatic heterocycles. The van der Waals surface area contributed by atoms with E-state index in [0.717, 1.165) is 35.7 Å². The summed E-state index contributed by atoms with van der Waals surface area (Å²) in [6, 6.07) is 22.3. The summed E-state index contributed by atoms with van der Waals surface area (Å²) in [4.78, 5) is 13.0. The van der Waals surface area contributed by atoms with Gasteiger partial charge in [0.05, 0.1) is 30.5 Å². The Morgan fingerprint density at radius 3 is 2.44 bits per heavy atom. The second kappa shape index (κ2) is 7.83. The van der Waals surface area contributed by atoms with Crippen molar-refractivity contribution < 1.29 is 0 Å². The van der Waals surface area contributed by atoms with Crippen molar-refractivity contribution >= 4 is 17.2 Å². The largest absolute Gasteiger partial charge is 0.272 e. The maximum Gasteiger partial charge on any atom is 0.159 e. The van der Waals surface area contributed by atoms with Crippen LogP contribution in [0.3, 0.4) is 0 Å². The van der Waals surface area contributed by atoms with Gasteiger partial charge < -0.3 is 0 Å². The maximum atomic E-state index is 4.59. The normalized spacial score (nSPS) is 12.9. The summed E-state index contributed by atoms with van der Waals surface area (Å²) in [6.07, 6.45) is 5.72. The molecule has 4 aromatic rings. The number of benzene rings is 2. The minimum atomic E-state index is 0.853. The van der Waals surface area contributed by atoms with Crippen molar-refractivity contribution in [3.63, 3.8) is 0 Å². The zero-order valence-corrected chi connectivity index (χ0v) is 15.2. The average molecular weight is 355 g/mol. The molecule has 3 heterocycles. The van der Waals surface area contributed by atoms with Gasteiger partial charge in [0.1, 0.15) is 6.34 Å². The third-order valence-corrected chi connectivity index (χ3v) is 4.30. The van der Waals surface area contributed by atoms with Crippen LogP contribution in [0.4, 0.5) is 0 Å². The first kappa shape index (κ1) is 17.0. The summed E-state index contributed by atoms with van der Waals surface area (Å²) in [6.45, 7) is 3.78. The van der Waals surface area contributed by atoms with Crippen LogP contribution in [0.5, 0.6) is 0 Å². The molecule has 5 heteroatoms. The number of rotatable bonds is 2. The summed E-state index contributed by atoms with van der Waals surface area (Å²) in [5.74, 6) is 0.969. The van der Waals surface area contributed by atoms with E-state index >= 15 is 0 Å². The fourth-order valence-electron chi connectivity index (χ4n) is 3.01. The molecule has 5 nitrogen and oxygen atoms in total. The third kappa shape index (κ3) is 3.87. The first-order valence-electron chi connectivity index (χ1n) is 8.99. The molecule has 0 saturated carbocycles. The molecule has 0 saturated heterocycles. The maximum absolute atomic E-state index is 4.59. The Morgan fingerprint density at radius 1 is 0.889 bits per heavy atom. The Labute approximate surface area is 158 Å². The van der Waals surface area contributed by atoms with Crippen LogP contribution < -0.4 is 5.01 Å². The SMILES string of the molecule is Cc1cn(N2C=NCC2)c(-c2ccccc2)n1.c1ccc2ncccc2c1. The quantitative estimate of drug-likeness (QED) is 0.544. The number of fused-ring (bicyclic) bond motifs is 1. The van der Waals surface area contributed by atoms with E-state index < -0.39 is 0 Å². The van der Waals surface area contributed by atoms with Gasteiger partial charge in [0, 0.05) is 17.1 Å². The summed E-state index contributed by atoms with van der Waals surface area (Å²) in [7, 11) is 0. The van der Waals surface area contributed by atoms with Crippen LogP contribution in [0.2, 0.25) is 0 Å². The fourth-order valence-corrected chi connectivity index (χ4v) is 3.01. The van der Waals surface area contributed by atoms with Gasteiger partial charge in [-0.3, -0.25) is 15.0 Å². The van der Waals surface area contributed by atoms with E-state index in [1.54, 1.807) is 0 Å². The molecule has 0 atom stereocenters. The molecule has 0 aliphatic carbocycles. The van der Waals surface area contributed by atoms with Gasteiger partial charge in [-0.2, -0.15) is 0 Å². The van der Waals surface area contributed by atoms with Gasteiger partial charge in [0.2, 0.25) is 0 Å².